The largest absolute Gasteiger partial charge is 0.508 e. The number of hydrogen-bond donors (Lipinski definition) is 3. The van der Waals surface area contributed by atoms with Gasteiger partial charge in [0.05, 0.1) is 0 Å². The number of phenolic OH excluding ortho intramolecular Hbond substituents is 1. The molecule has 0 heterocycles. The molecule has 0 unspecified atom stereocenters. The fourth-order valence-corrected chi connectivity index (χ4v) is 0.735. The monoisotopic (exact) mass is 194 g/mol. The van der Waals surface area contributed by atoms with Crippen LogP contribution in [0.15, 0.2) is 34.6 Å². The predicted molar refractivity (Wildman–Crippen MR) is 55.3 cm³/mol. The summed E-state index contributed by atoms with van der Waals surface area (Å²) in [7, 11) is 0. The number of benzene rings is 1. The molecule has 76 valence electrons. The van der Waals surface area contributed by atoms with E-state index in [0.717, 1.165) is 0 Å². The van der Waals surface area contributed by atoms with Crippen LogP contribution in [0.2, 0.25) is 0 Å². The topological polar surface area (TPSA) is 94.8 Å². The highest BCUT2D eigenvalue weighted by atomic mass is 16.3. The molecule has 0 aliphatic heterocycles. The number of nitrogens with zero attached hydrogens (tertiary/aromatic N) is 2. The van der Waals surface area contributed by atoms with E-state index in [-0.39, 0.29) is 11.6 Å². The number of amidine groups is 1. The summed E-state index contributed by atoms with van der Waals surface area (Å²) >= 11 is 0. The van der Waals surface area contributed by atoms with Crippen molar-refractivity contribution >= 4 is 5.84 Å². The van der Waals surface area contributed by atoms with Gasteiger partial charge in [0.1, 0.15) is 5.75 Å². The van der Waals surface area contributed by atoms with Gasteiger partial charge in [-0.05, 0) is 24.3 Å². The number of nitrogens with one attached hydrogen (secondary N) is 1. The molecule has 0 radical (unpaired) electrons. The van der Waals surface area contributed by atoms with Crippen LogP contribution in [0, 0.1) is 5.41 Å². The van der Waals surface area contributed by atoms with Gasteiger partial charge in [0, 0.05) is 5.56 Å². The maximum absolute atomic E-state index is 8.92. The smallest absolute Gasteiger partial charge is 0.176 e. The molecule has 0 fully saturated rings. The zero-order valence-corrected chi connectivity index (χ0v) is 8.23. The van der Waals surface area contributed by atoms with Crippen LogP contribution < -0.4 is 5.84 Å². The molecule has 0 atom stereocenters. The SMILES string of the molecule is CC.N=C(N=NN)c1ccc(O)cc1. The summed E-state index contributed by atoms with van der Waals surface area (Å²) in [6.07, 6.45) is 0. The van der Waals surface area contributed by atoms with E-state index >= 15 is 0 Å². The second kappa shape index (κ2) is 6.59. The zero-order valence-electron chi connectivity index (χ0n) is 8.23. The lowest BCUT2D eigenvalue weighted by Crippen LogP contribution is -1.94. The first-order valence-corrected chi connectivity index (χ1v) is 4.23. The van der Waals surface area contributed by atoms with Crippen LogP contribution in [0.1, 0.15) is 19.4 Å². The average Bonchev–Trinajstić information content (AvgIpc) is 2.22. The maximum atomic E-state index is 8.92. The van der Waals surface area contributed by atoms with Crippen LogP contribution in [0.5, 0.6) is 5.75 Å². The summed E-state index contributed by atoms with van der Waals surface area (Å²) in [6.45, 7) is 4.00. The Hall–Kier alpha value is -1.91. The van der Waals surface area contributed by atoms with Gasteiger partial charge in [-0.25, -0.2) is 0 Å². The van der Waals surface area contributed by atoms with Crippen molar-refractivity contribution in [3.63, 3.8) is 0 Å². The van der Waals surface area contributed by atoms with E-state index in [1.165, 1.54) is 12.1 Å². The fourth-order valence-electron chi connectivity index (χ4n) is 0.735. The third kappa shape index (κ3) is 3.66. The third-order valence-corrected chi connectivity index (χ3v) is 1.30. The molecule has 0 aliphatic carbocycles. The normalized spacial score (nSPS) is 9.29. The Labute approximate surface area is 82.8 Å². The average molecular weight is 194 g/mol. The molecule has 0 saturated heterocycles. The highest BCUT2D eigenvalue weighted by Crippen LogP contribution is 2.10. The van der Waals surface area contributed by atoms with Crippen molar-refractivity contribution in [2.75, 3.05) is 0 Å². The number of rotatable bonds is 1. The molecule has 5 heteroatoms. The summed E-state index contributed by atoms with van der Waals surface area (Å²) in [5.41, 5.74) is 0.557. The minimum atomic E-state index is -0.0301. The van der Waals surface area contributed by atoms with Crippen molar-refractivity contribution in [2.45, 2.75) is 13.8 Å². The second-order valence-electron chi connectivity index (χ2n) is 2.11. The number of aromatic hydroxyl groups is 1. The van der Waals surface area contributed by atoms with E-state index in [4.69, 9.17) is 16.4 Å². The summed E-state index contributed by atoms with van der Waals surface area (Å²) < 4.78 is 0. The molecule has 0 saturated carbocycles. The Morgan fingerprint density at radius 1 is 1.29 bits per heavy atom. The summed E-state index contributed by atoms with van der Waals surface area (Å²) in [5.74, 6) is 4.88. The first-order valence-electron chi connectivity index (χ1n) is 4.23. The molecular weight excluding hydrogens is 180 g/mol. The van der Waals surface area contributed by atoms with E-state index in [1.54, 1.807) is 12.1 Å². The molecule has 14 heavy (non-hydrogen) atoms. The first kappa shape index (κ1) is 12.1. The number of hydrogen-bond acceptors (Lipinski definition) is 3. The van der Waals surface area contributed by atoms with Gasteiger partial charge in [-0.2, -0.15) is 0 Å². The van der Waals surface area contributed by atoms with Crippen LogP contribution in [-0.4, -0.2) is 10.9 Å². The Morgan fingerprint density at radius 3 is 2.21 bits per heavy atom. The van der Waals surface area contributed by atoms with Crippen LogP contribution >= 0.6 is 0 Å². The number of phenols is 1. The third-order valence-electron chi connectivity index (χ3n) is 1.30. The van der Waals surface area contributed by atoms with Gasteiger partial charge in [0.2, 0.25) is 0 Å². The van der Waals surface area contributed by atoms with Crippen molar-refractivity contribution in [2.24, 2.45) is 16.2 Å². The molecule has 0 aromatic heterocycles. The van der Waals surface area contributed by atoms with Crippen LogP contribution in [0.25, 0.3) is 0 Å². The zero-order chi connectivity index (χ0) is 11.0. The first-order chi connectivity index (χ1) is 6.74. The lowest BCUT2D eigenvalue weighted by atomic mass is 10.2. The lowest BCUT2D eigenvalue weighted by Gasteiger charge is -1.95. The Balaban J connectivity index is 0.000000791. The van der Waals surface area contributed by atoms with Crippen molar-refractivity contribution in [3.8, 4) is 5.75 Å². The molecular formula is C9H14N4O. The highest BCUT2D eigenvalue weighted by molar-refractivity contribution is 5.96. The molecule has 0 bridgehead atoms. The lowest BCUT2D eigenvalue weighted by molar-refractivity contribution is 0.475. The molecule has 1 aromatic rings. The van der Waals surface area contributed by atoms with Gasteiger partial charge in [-0.1, -0.05) is 19.1 Å². The molecule has 1 rings (SSSR count). The van der Waals surface area contributed by atoms with Crippen LogP contribution in [0.4, 0.5) is 0 Å². The van der Waals surface area contributed by atoms with Gasteiger partial charge >= 0.3 is 0 Å². The van der Waals surface area contributed by atoms with E-state index in [0.29, 0.717) is 5.56 Å². The molecule has 1 aromatic carbocycles. The standard InChI is InChI=1S/C7H8N4O.C2H6/c8-7(10-11-9)5-1-3-6(12)4-2-5;1-2/h1-4,12H,(H3,8,9,10);1-2H3. The summed E-state index contributed by atoms with van der Waals surface area (Å²) in [5, 5.41) is 22.5. The van der Waals surface area contributed by atoms with Gasteiger partial charge in [0.15, 0.2) is 5.84 Å². The minimum absolute atomic E-state index is 0.0301. The molecule has 0 amide bonds. The molecule has 0 spiro atoms. The van der Waals surface area contributed by atoms with Crippen molar-refractivity contribution < 1.29 is 5.11 Å². The molecule has 4 N–H and O–H groups in total. The Morgan fingerprint density at radius 2 is 1.79 bits per heavy atom. The van der Waals surface area contributed by atoms with Crippen LogP contribution in [-0.2, 0) is 0 Å². The minimum Gasteiger partial charge on any atom is -0.508 e. The van der Waals surface area contributed by atoms with Crippen molar-refractivity contribution in [1.82, 2.24) is 0 Å². The van der Waals surface area contributed by atoms with Gasteiger partial charge < -0.3 is 10.9 Å². The fraction of sp³-hybridized carbons (Fsp3) is 0.222. The quantitative estimate of drug-likeness (QED) is 0.210. The van der Waals surface area contributed by atoms with Crippen LogP contribution in [0.3, 0.4) is 0 Å². The second-order valence-corrected chi connectivity index (χ2v) is 2.11. The van der Waals surface area contributed by atoms with Crippen molar-refractivity contribution in [3.05, 3.63) is 29.8 Å². The molecule has 0 aliphatic rings. The van der Waals surface area contributed by atoms with E-state index < -0.39 is 0 Å². The van der Waals surface area contributed by atoms with E-state index in [9.17, 15) is 0 Å². The molecule has 5 nitrogen and oxygen atoms in total. The Kier molecular flexibility index (Phi) is 5.69. The van der Waals surface area contributed by atoms with E-state index in [2.05, 4.69) is 10.3 Å². The summed E-state index contributed by atoms with van der Waals surface area (Å²) in [6, 6.07) is 6.06. The highest BCUT2D eigenvalue weighted by Gasteiger charge is 1.98. The van der Waals surface area contributed by atoms with Crippen molar-refractivity contribution in [1.29, 1.82) is 5.41 Å². The van der Waals surface area contributed by atoms with Gasteiger partial charge in [-0.15, -0.1) is 5.11 Å². The number of nitrogens with two attached hydrogens (primary N) is 1. The van der Waals surface area contributed by atoms with Gasteiger partial charge in [0.25, 0.3) is 0 Å². The maximum Gasteiger partial charge on any atom is 0.176 e. The summed E-state index contributed by atoms with van der Waals surface area (Å²) in [4.78, 5) is 0. The van der Waals surface area contributed by atoms with E-state index in [1.807, 2.05) is 13.8 Å². The predicted octanol–water partition coefficient (Wildman–Crippen LogP) is 2.07. The Bertz CT molecular complexity index is 305. The van der Waals surface area contributed by atoms with Gasteiger partial charge in [-0.3, -0.25) is 5.41 Å².